The third-order valence-corrected chi connectivity index (χ3v) is 7.17. The molecule has 27 heavy (non-hydrogen) atoms. The van der Waals surface area contributed by atoms with Crippen LogP contribution in [0.1, 0.15) is 52.4 Å². The van der Waals surface area contributed by atoms with Crippen LogP contribution in [-0.2, 0) is 10.0 Å². The summed E-state index contributed by atoms with van der Waals surface area (Å²) in [6.45, 7) is 5.36. The number of guanidine groups is 1. The molecular formula is C17H31F3N4O2S. The number of alkyl halides is 3. The van der Waals surface area contributed by atoms with Crippen molar-refractivity contribution in [2.75, 3.05) is 26.2 Å². The lowest BCUT2D eigenvalue weighted by Gasteiger charge is -2.33. The van der Waals surface area contributed by atoms with Crippen LogP contribution in [0.3, 0.4) is 0 Å². The molecule has 0 bridgehead atoms. The van der Waals surface area contributed by atoms with Crippen molar-refractivity contribution in [3.63, 3.8) is 0 Å². The lowest BCUT2D eigenvalue weighted by atomic mass is 9.80. The van der Waals surface area contributed by atoms with E-state index in [0.29, 0.717) is 41.5 Å². The fourth-order valence-electron chi connectivity index (χ4n) is 3.77. The molecule has 158 valence electrons. The Labute approximate surface area is 160 Å². The largest absolute Gasteiger partial charge is 0.511 e. The quantitative estimate of drug-likeness (QED) is 0.538. The van der Waals surface area contributed by atoms with E-state index in [1.807, 2.05) is 6.92 Å². The first kappa shape index (κ1) is 22.3. The van der Waals surface area contributed by atoms with Crippen LogP contribution in [0.15, 0.2) is 4.99 Å². The van der Waals surface area contributed by atoms with Crippen molar-refractivity contribution in [3.05, 3.63) is 0 Å². The molecule has 6 nitrogen and oxygen atoms in total. The second-order valence-electron chi connectivity index (χ2n) is 7.51. The molecule has 10 heteroatoms. The van der Waals surface area contributed by atoms with Crippen molar-refractivity contribution in [2.45, 2.75) is 63.9 Å². The predicted molar refractivity (Wildman–Crippen MR) is 99.8 cm³/mol. The Balaban J connectivity index is 1.89. The monoisotopic (exact) mass is 412 g/mol. The van der Waals surface area contributed by atoms with Gasteiger partial charge in [0.1, 0.15) is 0 Å². The molecule has 0 aromatic heterocycles. The van der Waals surface area contributed by atoms with Gasteiger partial charge in [-0.25, -0.2) is 8.42 Å². The number of hydrogen-bond acceptors (Lipinski definition) is 3. The van der Waals surface area contributed by atoms with Crippen molar-refractivity contribution < 1.29 is 21.6 Å². The fraction of sp³-hybridized carbons (Fsp3) is 0.941. The number of sulfonamides is 1. The van der Waals surface area contributed by atoms with E-state index in [-0.39, 0.29) is 19.1 Å². The van der Waals surface area contributed by atoms with Gasteiger partial charge in [-0.3, -0.25) is 4.99 Å². The number of nitrogens with one attached hydrogen (secondary N) is 2. The molecule has 0 spiro atoms. The summed E-state index contributed by atoms with van der Waals surface area (Å²) in [6.07, 6.45) is 5.56. The minimum Gasteiger partial charge on any atom is -0.357 e. The summed E-state index contributed by atoms with van der Waals surface area (Å²) in [5, 5.41) is 6.44. The molecule has 2 aliphatic rings. The summed E-state index contributed by atoms with van der Waals surface area (Å²) in [7, 11) is -5.23. The summed E-state index contributed by atoms with van der Waals surface area (Å²) < 4.78 is 61.5. The molecule has 0 aromatic rings. The Morgan fingerprint density at radius 2 is 1.78 bits per heavy atom. The average molecular weight is 413 g/mol. The van der Waals surface area contributed by atoms with E-state index in [1.54, 1.807) is 0 Å². The van der Waals surface area contributed by atoms with E-state index in [9.17, 15) is 21.6 Å². The maximum absolute atomic E-state index is 12.7. The molecule has 1 aliphatic carbocycles. The smallest absolute Gasteiger partial charge is 0.357 e. The van der Waals surface area contributed by atoms with E-state index in [1.165, 1.54) is 25.7 Å². The van der Waals surface area contributed by atoms with Gasteiger partial charge in [0.15, 0.2) is 5.96 Å². The van der Waals surface area contributed by atoms with Crippen LogP contribution in [0, 0.1) is 11.8 Å². The number of rotatable bonds is 5. The van der Waals surface area contributed by atoms with Crippen molar-refractivity contribution in [1.29, 1.82) is 0 Å². The molecule has 0 amide bonds. The highest BCUT2D eigenvalue weighted by Crippen LogP contribution is 2.30. The van der Waals surface area contributed by atoms with Crippen LogP contribution in [0.25, 0.3) is 0 Å². The molecule has 2 rings (SSSR count). The van der Waals surface area contributed by atoms with Crippen LogP contribution in [0.4, 0.5) is 13.2 Å². The number of aliphatic imine (C=N–C) groups is 1. The van der Waals surface area contributed by atoms with Crippen LogP contribution in [0.5, 0.6) is 0 Å². The summed E-state index contributed by atoms with van der Waals surface area (Å²) in [5.74, 6) is 1.88. The van der Waals surface area contributed by atoms with E-state index in [2.05, 4.69) is 22.5 Å². The van der Waals surface area contributed by atoms with Crippen LogP contribution in [-0.4, -0.2) is 56.4 Å². The van der Waals surface area contributed by atoms with Gasteiger partial charge in [0.05, 0.1) is 0 Å². The number of halogens is 3. The standard InChI is InChI=1S/C17H31F3N4O2S/c1-3-21-16(22-12-14-7-5-4-6-13(14)2)23-15-8-10-24(11-9-15)27(25,26)17(18,19)20/h13-15H,3-12H2,1-2H3,(H2,21,22,23). The summed E-state index contributed by atoms with van der Waals surface area (Å²) >= 11 is 0. The van der Waals surface area contributed by atoms with Gasteiger partial charge in [-0.1, -0.05) is 26.2 Å². The molecule has 2 fully saturated rings. The molecule has 1 saturated heterocycles. The highest BCUT2D eigenvalue weighted by Gasteiger charge is 2.50. The van der Waals surface area contributed by atoms with Gasteiger partial charge in [0, 0.05) is 32.2 Å². The third-order valence-electron chi connectivity index (χ3n) is 5.54. The minimum atomic E-state index is -5.24. The van der Waals surface area contributed by atoms with Gasteiger partial charge < -0.3 is 10.6 Å². The van der Waals surface area contributed by atoms with Crippen LogP contribution < -0.4 is 10.6 Å². The molecule has 2 N–H and O–H groups in total. The van der Waals surface area contributed by atoms with E-state index in [4.69, 9.17) is 0 Å². The summed E-state index contributed by atoms with van der Waals surface area (Å²) in [5.41, 5.74) is -5.24. The molecule has 1 heterocycles. The zero-order chi connectivity index (χ0) is 20.1. The summed E-state index contributed by atoms with van der Waals surface area (Å²) in [4.78, 5) is 4.67. The van der Waals surface area contributed by atoms with Gasteiger partial charge >= 0.3 is 15.5 Å². The Morgan fingerprint density at radius 3 is 2.33 bits per heavy atom. The zero-order valence-corrected chi connectivity index (χ0v) is 16.9. The van der Waals surface area contributed by atoms with Gasteiger partial charge in [-0.15, -0.1) is 0 Å². The molecular weight excluding hydrogens is 381 g/mol. The lowest BCUT2D eigenvalue weighted by Crippen LogP contribution is -2.51. The first-order chi connectivity index (χ1) is 12.6. The van der Waals surface area contributed by atoms with Crippen LogP contribution in [0.2, 0.25) is 0 Å². The van der Waals surface area contributed by atoms with E-state index < -0.39 is 15.5 Å². The van der Waals surface area contributed by atoms with Crippen molar-refractivity contribution in [1.82, 2.24) is 14.9 Å². The number of piperidine rings is 1. The molecule has 1 aliphatic heterocycles. The second-order valence-corrected chi connectivity index (χ2v) is 9.44. The predicted octanol–water partition coefficient (Wildman–Crippen LogP) is 2.68. The van der Waals surface area contributed by atoms with E-state index >= 15 is 0 Å². The molecule has 2 unspecified atom stereocenters. The third kappa shape index (κ3) is 5.97. The maximum atomic E-state index is 12.7. The minimum absolute atomic E-state index is 0.0914. The zero-order valence-electron chi connectivity index (χ0n) is 16.1. The number of hydrogen-bond donors (Lipinski definition) is 2. The topological polar surface area (TPSA) is 73.8 Å². The molecule has 0 radical (unpaired) electrons. The Hall–Kier alpha value is -1.03. The Kier molecular flexibility index (Phi) is 7.79. The molecule has 2 atom stereocenters. The first-order valence-electron chi connectivity index (χ1n) is 9.76. The average Bonchev–Trinajstić information content (AvgIpc) is 2.60. The highest BCUT2D eigenvalue weighted by atomic mass is 32.2. The van der Waals surface area contributed by atoms with Crippen molar-refractivity contribution in [3.8, 4) is 0 Å². The SMILES string of the molecule is CCNC(=NCC1CCCCC1C)NC1CCN(S(=O)(=O)C(F)(F)F)CC1. The van der Waals surface area contributed by atoms with Gasteiger partial charge in [0.25, 0.3) is 0 Å². The Bertz CT molecular complexity index is 602. The second kappa shape index (κ2) is 9.45. The molecule has 1 saturated carbocycles. The van der Waals surface area contributed by atoms with E-state index in [0.717, 1.165) is 6.54 Å². The fourth-order valence-corrected chi connectivity index (χ4v) is 4.76. The van der Waals surface area contributed by atoms with Gasteiger partial charge in [-0.2, -0.15) is 17.5 Å². The highest BCUT2D eigenvalue weighted by molar-refractivity contribution is 7.90. The summed E-state index contributed by atoms with van der Waals surface area (Å²) in [6, 6.07) is -0.0914. The van der Waals surface area contributed by atoms with Crippen molar-refractivity contribution in [2.24, 2.45) is 16.8 Å². The number of nitrogens with zero attached hydrogens (tertiary/aromatic N) is 2. The Morgan fingerprint density at radius 1 is 1.15 bits per heavy atom. The first-order valence-corrected chi connectivity index (χ1v) is 11.2. The lowest BCUT2D eigenvalue weighted by molar-refractivity contribution is -0.0494. The normalized spacial score (nSPS) is 26.8. The maximum Gasteiger partial charge on any atom is 0.511 e. The molecule has 0 aromatic carbocycles. The van der Waals surface area contributed by atoms with Crippen LogP contribution >= 0.6 is 0 Å². The van der Waals surface area contributed by atoms with Gasteiger partial charge in [0.2, 0.25) is 0 Å². The van der Waals surface area contributed by atoms with Crippen molar-refractivity contribution >= 4 is 16.0 Å². The van der Waals surface area contributed by atoms with Gasteiger partial charge in [-0.05, 0) is 38.0 Å².